The van der Waals surface area contributed by atoms with Crippen LogP contribution in [0.2, 0.25) is 0 Å². The molecule has 6 heteroatoms. The number of hydrogen-bond acceptors (Lipinski definition) is 3. The molecule has 0 aliphatic carbocycles. The molecule has 1 aliphatic rings. The highest BCUT2D eigenvalue weighted by Gasteiger charge is 2.24. The van der Waals surface area contributed by atoms with Crippen molar-refractivity contribution in [3.63, 3.8) is 0 Å². The van der Waals surface area contributed by atoms with Crippen LogP contribution in [0.4, 0.5) is 10.1 Å². The lowest BCUT2D eigenvalue weighted by atomic mass is 10.0. The Labute approximate surface area is 165 Å². The maximum Gasteiger partial charge on any atom is 0.251 e. The maximum absolute atomic E-state index is 13.0. The number of benzene rings is 2. The average Bonchev–Trinajstić information content (AvgIpc) is 2.70. The SMILES string of the molecule is CN(C)c1ccc(C(=O)NC2CCN(C(=O)Cc3ccc(F)cc3)CC2)cc1. The standard InChI is InChI=1S/C22H26FN3O2/c1-25(2)20-9-5-17(6-10-20)22(28)24-19-11-13-26(14-12-19)21(27)15-16-3-7-18(23)8-4-16/h3-10,19H,11-15H2,1-2H3,(H,24,28). The molecule has 2 amide bonds. The number of piperidine rings is 1. The summed E-state index contributed by atoms with van der Waals surface area (Å²) in [5.74, 6) is -0.346. The van der Waals surface area contributed by atoms with E-state index < -0.39 is 0 Å². The third-order valence-electron chi connectivity index (χ3n) is 5.10. The molecule has 0 atom stereocenters. The second-order valence-electron chi connectivity index (χ2n) is 7.37. The van der Waals surface area contributed by atoms with Gasteiger partial charge >= 0.3 is 0 Å². The van der Waals surface area contributed by atoms with Gasteiger partial charge in [0.05, 0.1) is 6.42 Å². The Bertz CT molecular complexity index is 811. The Kier molecular flexibility index (Phi) is 6.29. The van der Waals surface area contributed by atoms with Gasteiger partial charge < -0.3 is 15.1 Å². The summed E-state index contributed by atoms with van der Waals surface area (Å²) in [6.45, 7) is 1.23. The minimum Gasteiger partial charge on any atom is -0.378 e. The number of likely N-dealkylation sites (tertiary alicyclic amines) is 1. The molecule has 1 heterocycles. The number of hydrogen-bond donors (Lipinski definition) is 1. The van der Waals surface area contributed by atoms with Gasteiger partial charge in [0.25, 0.3) is 5.91 Å². The summed E-state index contributed by atoms with van der Waals surface area (Å²) in [5.41, 5.74) is 2.49. The van der Waals surface area contributed by atoms with Crippen LogP contribution in [0, 0.1) is 5.82 Å². The molecule has 0 bridgehead atoms. The highest BCUT2D eigenvalue weighted by atomic mass is 19.1. The predicted octanol–water partition coefficient (Wildman–Crippen LogP) is 2.86. The van der Waals surface area contributed by atoms with Crippen molar-refractivity contribution in [2.45, 2.75) is 25.3 Å². The Hall–Kier alpha value is -2.89. The number of carbonyl (C=O) groups excluding carboxylic acids is 2. The molecule has 5 nitrogen and oxygen atoms in total. The first-order chi connectivity index (χ1) is 13.4. The molecule has 28 heavy (non-hydrogen) atoms. The van der Waals surface area contributed by atoms with Crippen LogP contribution >= 0.6 is 0 Å². The zero-order valence-corrected chi connectivity index (χ0v) is 16.3. The van der Waals surface area contributed by atoms with Gasteiger partial charge in [-0.25, -0.2) is 4.39 Å². The van der Waals surface area contributed by atoms with Gasteiger partial charge in [0, 0.05) is 44.5 Å². The van der Waals surface area contributed by atoms with Gasteiger partial charge in [-0.1, -0.05) is 12.1 Å². The molecule has 148 valence electrons. The summed E-state index contributed by atoms with van der Waals surface area (Å²) >= 11 is 0. The lowest BCUT2D eigenvalue weighted by Gasteiger charge is -2.32. The number of amides is 2. The van der Waals surface area contributed by atoms with Gasteiger partial charge in [0.1, 0.15) is 5.82 Å². The van der Waals surface area contributed by atoms with Crippen LogP contribution in [0.3, 0.4) is 0 Å². The lowest BCUT2D eigenvalue weighted by Crippen LogP contribution is -2.47. The summed E-state index contributed by atoms with van der Waals surface area (Å²) in [7, 11) is 3.92. The molecule has 0 saturated carbocycles. The van der Waals surface area contributed by atoms with Gasteiger partial charge in [-0.3, -0.25) is 9.59 Å². The number of anilines is 1. The lowest BCUT2D eigenvalue weighted by molar-refractivity contribution is -0.131. The predicted molar refractivity (Wildman–Crippen MR) is 108 cm³/mol. The van der Waals surface area contributed by atoms with Gasteiger partial charge in [0.15, 0.2) is 0 Å². The minimum atomic E-state index is -0.302. The van der Waals surface area contributed by atoms with E-state index in [1.807, 2.05) is 48.2 Å². The van der Waals surface area contributed by atoms with E-state index in [2.05, 4.69) is 5.32 Å². The fourth-order valence-electron chi connectivity index (χ4n) is 3.34. The van der Waals surface area contributed by atoms with Crippen molar-refractivity contribution in [3.05, 3.63) is 65.5 Å². The monoisotopic (exact) mass is 383 g/mol. The van der Waals surface area contributed by atoms with Gasteiger partial charge in [-0.15, -0.1) is 0 Å². The van der Waals surface area contributed by atoms with Crippen LogP contribution in [-0.2, 0) is 11.2 Å². The highest BCUT2D eigenvalue weighted by molar-refractivity contribution is 5.94. The molecule has 1 fully saturated rings. The molecule has 0 radical (unpaired) electrons. The fraction of sp³-hybridized carbons (Fsp3) is 0.364. The van der Waals surface area contributed by atoms with Gasteiger partial charge in [-0.05, 0) is 54.8 Å². The number of rotatable bonds is 5. The first-order valence-corrected chi connectivity index (χ1v) is 9.53. The van der Waals surface area contributed by atoms with E-state index >= 15 is 0 Å². The van der Waals surface area contributed by atoms with E-state index in [1.54, 1.807) is 12.1 Å². The van der Waals surface area contributed by atoms with Crippen molar-refractivity contribution in [1.82, 2.24) is 10.2 Å². The normalized spacial score (nSPS) is 14.6. The average molecular weight is 383 g/mol. The smallest absolute Gasteiger partial charge is 0.251 e. The zero-order chi connectivity index (χ0) is 20.1. The van der Waals surface area contributed by atoms with Crippen LogP contribution in [0.1, 0.15) is 28.8 Å². The topological polar surface area (TPSA) is 52.7 Å². The number of nitrogens with zero attached hydrogens (tertiary/aromatic N) is 2. The summed E-state index contributed by atoms with van der Waals surface area (Å²) < 4.78 is 13.0. The van der Waals surface area contributed by atoms with Crippen molar-refractivity contribution in [1.29, 1.82) is 0 Å². The Morgan fingerprint density at radius 3 is 2.21 bits per heavy atom. The molecule has 1 N–H and O–H groups in total. The first-order valence-electron chi connectivity index (χ1n) is 9.53. The van der Waals surface area contributed by atoms with Crippen molar-refractivity contribution in [3.8, 4) is 0 Å². The second-order valence-corrected chi connectivity index (χ2v) is 7.37. The Morgan fingerprint density at radius 1 is 1.04 bits per heavy atom. The van der Waals surface area contributed by atoms with Crippen LogP contribution < -0.4 is 10.2 Å². The number of halogens is 1. The first kappa shape index (κ1) is 19.9. The van der Waals surface area contributed by atoms with E-state index in [4.69, 9.17) is 0 Å². The molecule has 2 aromatic carbocycles. The second kappa shape index (κ2) is 8.87. The van der Waals surface area contributed by atoms with E-state index in [-0.39, 0.29) is 30.1 Å². The minimum absolute atomic E-state index is 0.0376. The molecule has 1 saturated heterocycles. The van der Waals surface area contributed by atoms with E-state index in [0.29, 0.717) is 18.7 Å². The Balaban J connectivity index is 1.47. The molecule has 1 aliphatic heterocycles. The molecule has 3 rings (SSSR count). The summed E-state index contributed by atoms with van der Waals surface area (Å²) in [4.78, 5) is 28.7. The summed E-state index contributed by atoms with van der Waals surface area (Å²) in [5, 5.41) is 3.07. The molecule has 2 aromatic rings. The third kappa shape index (κ3) is 5.09. The van der Waals surface area contributed by atoms with Crippen molar-refractivity contribution >= 4 is 17.5 Å². The molecule has 0 aromatic heterocycles. The van der Waals surface area contributed by atoms with E-state index in [9.17, 15) is 14.0 Å². The summed E-state index contributed by atoms with van der Waals surface area (Å²) in [6.07, 6.45) is 1.74. The van der Waals surface area contributed by atoms with Crippen molar-refractivity contribution in [2.24, 2.45) is 0 Å². The molecule has 0 unspecified atom stereocenters. The summed E-state index contributed by atoms with van der Waals surface area (Å²) in [6, 6.07) is 13.6. The highest BCUT2D eigenvalue weighted by Crippen LogP contribution is 2.15. The Morgan fingerprint density at radius 2 is 1.64 bits per heavy atom. The van der Waals surface area contributed by atoms with Crippen LogP contribution in [-0.4, -0.2) is 49.9 Å². The molecular formula is C22H26FN3O2. The molecular weight excluding hydrogens is 357 g/mol. The van der Waals surface area contributed by atoms with Gasteiger partial charge in [-0.2, -0.15) is 0 Å². The van der Waals surface area contributed by atoms with Crippen LogP contribution in [0.15, 0.2) is 48.5 Å². The largest absolute Gasteiger partial charge is 0.378 e. The van der Waals surface area contributed by atoms with Crippen LogP contribution in [0.25, 0.3) is 0 Å². The third-order valence-corrected chi connectivity index (χ3v) is 5.10. The van der Waals surface area contributed by atoms with E-state index in [0.717, 1.165) is 24.1 Å². The maximum atomic E-state index is 13.0. The number of carbonyl (C=O) groups is 2. The fourth-order valence-corrected chi connectivity index (χ4v) is 3.34. The van der Waals surface area contributed by atoms with Crippen molar-refractivity contribution in [2.75, 3.05) is 32.1 Å². The van der Waals surface area contributed by atoms with Gasteiger partial charge in [0.2, 0.25) is 5.91 Å². The molecule has 0 spiro atoms. The van der Waals surface area contributed by atoms with Crippen LogP contribution in [0.5, 0.6) is 0 Å². The number of nitrogens with one attached hydrogen (secondary N) is 1. The quantitative estimate of drug-likeness (QED) is 0.864. The zero-order valence-electron chi connectivity index (χ0n) is 16.3. The van der Waals surface area contributed by atoms with Crippen molar-refractivity contribution < 1.29 is 14.0 Å². The van der Waals surface area contributed by atoms with E-state index in [1.165, 1.54) is 12.1 Å².